The number of unbranched alkanes of at least 4 members (excludes halogenated alkanes) is 27. The fourth-order valence-corrected chi connectivity index (χ4v) is 8.60. The molecule has 0 aliphatic carbocycles. The zero-order chi connectivity index (χ0) is 54.3. The second-order valence-corrected chi connectivity index (χ2v) is 20.5. The van der Waals surface area contributed by atoms with Crippen LogP contribution in [0.4, 0.5) is 0 Å². The summed E-state index contributed by atoms with van der Waals surface area (Å²) in [6.45, 7) is 6.37. The average Bonchev–Trinajstić information content (AvgIpc) is 3.41. The summed E-state index contributed by atoms with van der Waals surface area (Å²) in [6, 6.07) is 0. The molecule has 0 saturated heterocycles. The van der Waals surface area contributed by atoms with Crippen molar-refractivity contribution in [2.75, 3.05) is 13.2 Å². The first-order valence-electron chi connectivity index (χ1n) is 31.4. The van der Waals surface area contributed by atoms with Gasteiger partial charge in [-0.05, 0) is 122 Å². The molecule has 0 spiro atoms. The predicted molar refractivity (Wildman–Crippen MR) is 325 cm³/mol. The van der Waals surface area contributed by atoms with Gasteiger partial charge in [-0.3, -0.25) is 14.4 Å². The molecule has 0 aromatic rings. The molecule has 0 aromatic carbocycles. The molecule has 0 N–H and O–H groups in total. The van der Waals surface area contributed by atoms with Crippen LogP contribution >= 0.6 is 0 Å². The Morgan fingerprint density at radius 3 is 0.853 bits per heavy atom. The summed E-state index contributed by atoms with van der Waals surface area (Å²) in [5, 5.41) is 0. The summed E-state index contributed by atoms with van der Waals surface area (Å²) < 4.78 is 16.9. The van der Waals surface area contributed by atoms with Crippen molar-refractivity contribution in [1.82, 2.24) is 0 Å². The molecule has 428 valence electrons. The molecule has 0 heterocycles. The molecular formula is C69H116O6. The molecule has 0 fully saturated rings. The van der Waals surface area contributed by atoms with Gasteiger partial charge in [0, 0.05) is 19.3 Å². The van der Waals surface area contributed by atoms with Gasteiger partial charge >= 0.3 is 17.9 Å². The van der Waals surface area contributed by atoms with E-state index in [9.17, 15) is 14.4 Å². The Balaban J connectivity index is 4.38. The van der Waals surface area contributed by atoms with Crippen LogP contribution in [-0.4, -0.2) is 37.2 Å². The van der Waals surface area contributed by atoms with E-state index in [2.05, 4.69) is 130 Å². The van der Waals surface area contributed by atoms with Crippen molar-refractivity contribution < 1.29 is 28.6 Å². The number of hydrogen-bond donors (Lipinski definition) is 0. The third-order valence-electron chi connectivity index (χ3n) is 13.2. The Hall–Kier alpha value is -3.93. The topological polar surface area (TPSA) is 78.9 Å². The lowest BCUT2D eigenvalue weighted by Crippen LogP contribution is -2.30. The van der Waals surface area contributed by atoms with E-state index in [0.717, 1.165) is 122 Å². The van der Waals surface area contributed by atoms with Crippen molar-refractivity contribution in [3.05, 3.63) is 109 Å². The molecule has 6 nitrogen and oxygen atoms in total. The van der Waals surface area contributed by atoms with Gasteiger partial charge in [0.15, 0.2) is 6.10 Å². The molecule has 0 rings (SSSR count). The highest BCUT2D eigenvalue weighted by Crippen LogP contribution is 2.16. The van der Waals surface area contributed by atoms with E-state index in [1.165, 1.54) is 128 Å². The summed E-state index contributed by atoms with van der Waals surface area (Å²) in [5.74, 6) is -0.965. The van der Waals surface area contributed by atoms with Crippen LogP contribution in [0.25, 0.3) is 0 Å². The first-order chi connectivity index (χ1) is 37.0. The van der Waals surface area contributed by atoms with Gasteiger partial charge in [0.25, 0.3) is 0 Å². The first-order valence-corrected chi connectivity index (χ1v) is 31.4. The molecule has 0 radical (unpaired) electrons. The molecule has 6 heteroatoms. The van der Waals surface area contributed by atoms with Crippen LogP contribution < -0.4 is 0 Å². The van der Waals surface area contributed by atoms with Gasteiger partial charge in [-0.2, -0.15) is 0 Å². The monoisotopic (exact) mass is 1040 g/mol. The molecule has 75 heavy (non-hydrogen) atoms. The van der Waals surface area contributed by atoms with Gasteiger partial charge in [0.1, 0.15) is 13.2 Å². The summed E-state index contributed by atoms with van der Waals surface area (Å²) >= 11 is 0. The quantitative estimate of drug-likeness (QED) is 0.0261. The molecule has 0 bridgehead atoms. The molecule has 0 aliphatic heterocycles. The third-order valence-corrected chi connectivity index (χ3v) is 13.2. The van der Waals surface area contributed by atoms with Gasteiger partial charge in [-0.15, -0.1) is 0 Å². The van der Waals surface area contributed by atoms with Crippen molar-refractivity contribution in [3.8, 4) is 0 Å². The maximum Gasteiger partial charge on any atom is 0.306 e. The number of ether oxygens (including phenoxy) is 3. The van der Waals surface area contributed by atoms with E-state index >= 15 is 0 Å². The summed E-state index contributed by atoms with van der Waals surface area (Å²) in [6.07, 6.45) is 85.3. The van der Waals surface area contributed by atoms with Crippen LogP contribution in [0, 0.1) is 0 Å². The molecule has 0 saturated carbocycles. The molecule has 1 unspecified atom stereocenters. The van der Waals surface area contributed by atoms with Crippen LogP contribution in [0.2, 0.25) is 0 Å². The van der Waals surface area contributed by atoms with Crippen LogP contribution in [0.3, 0.4) is 0 Å². The highest BCUT2D eigenvalue weighted by molar-refractivity contribution is 5.71. The maximum absolute atomic E-state index is 12.9. The highest BCUT2D eigenvalue weighted by Gasteiger charge is 2.19. The Kier molecular flexibility index (Phi) is 59.3. The van der Waals surface area contributed by atoms with Crippen molar-refractivity contribution in [2.24, 2.45) is 0 Å². The first kappa shape index (κ1) is 71.1. The number of hydrogen-bond acceptors (Lipinski definition) is 6. The van der Waals surface area contributed by atoms with E-state index in [1.807, 2.05) is 0 Å². The predicted octanol–water partition coefficient (Wildman–Crippen LogP) is 21.4. The van der Waals surface area contributed by atoms with Gasteiger partial charge < -0.3 is 14.2 Å². The number of carbonyl (C=O) groups excluding carboxylic acids is 3. The Labute approximate surface area is 463 Å². The Morgan fingerprint density at radius 2 is 0.520 bits per heavy atom. The SMILES string of the molecule is CC/C=C\C/C=C\C/C=C\C/C=C\CCCCCCC(=O)OC(COC(=O)CCCC/C=C\C/C=C\C/C=C\C/C=C\CC)COC(=O)CCCCCCCCCCCCCCC/C=C\CCCCCCCCCC. The smallest absolute Gasteiger partial charge is 0.306 e. The number of esters is 3. The minimum absolute atomic E-state index is 0.102. The minimum atomic E-state index is -0.811. The van der Waals surface area contributed by atoms with Gasteiger partial charge in [-0.25, -0.2) is 0 Å². The molecule has 0 aliphatic rings. The lowest BCUT2D eigenvalue weighted by Gasteiger charge is -2.18. The Bertz CT molecular complexity index is 1520. The molecule has 0 aromatic heterocycles. The number of carbonyl (C=O) groups is 3. The molecule has 1 atom stereocenters. The lowest BCUT2D eigenvalue weighted by molar-refractivity contribution is -0.167. The average molecular weight is 1040 g/mol. The van der Waals surface area contributed by atoms with Crippen molar-refractivity contribution >= 4 is 17.9 Å². The standard InChI is InChI=1S/C69H116O6/c1-4-7-10-13-16-19-22-25-28-30-31-32-33-34-35-36-37-39-41-44-47-50-53-56-59-62-68(71)74-65-66(64-73-67(70)61-58-55-52-49-46-43-40-27-24-21-18-15-12-9-6-3)75-69(72)63-60-57-54-51-48-45-42-38-29-26-23-20-17-14-11-8-5-2/h8-9,11-12,17-18,20-21,26-27,29-31,40,42,45-46,49,66H,4-7,10,13-16,19,22-25,28,32-39,41,43-44,47-48,50-65H2,1-3H3/b11-8-,12-9-,20-17-,21-18-,29-26-,31-30-,40-27-,45-42-,49-46-. The number of rotatable bonds is 56. The van der Waals surface area contributed by atoms with E-state index < -0.39 is 6.10 Å². The van der Waals surface area contributed by atoms with E-state index in [0.29, 0.717) is 12.8 Å². The van der Waals surface area contributed by atoms with Crippen molar-refractivity contribution in [1.29, 1.82) is 0 Å². The van der Waals surface area contributed by atoms with Crippen LogP contribution in [0.1, 0.15) is 290 Å². The minimum Gasteiger partial charge on any atom is -0.462 e. The van der Waals surface area contributed by atoms with Gasteiger partial charge in [0.2, 0.25) is 0 Å². The second-order valence-electron chi connectivity index (χ2n) is 20.5. The van der Waals surface area contributed by atoms with E-state index in [-0.39, 0.29) is 37.5 Å². The van der Waals surface area contributed by atoms with Gasteiger partial charge in [0.05, 0.1) is 0 Å². The lowest BCUT2D eigenvalue weighted by atomic mass is 10.0. The molecule has 0 amide bonds. The van der Waals surface area contributed by atoms with Crippen molar-refractivity contribution in [3.63, 3.8) is 0 Å². The van der Waals surface area contributed by atoms with Crippen molar-refractivity contribution in [2.45, 2.75) is 297 Å². The summed E-state index contributed by atoms with van der Waals surface area (Å²) in [4.78, 5) is 38.3. The van der Waals surface area contributed by atoms with Crippen LogP contribution in [0.15, 0.2) is 109 Å². The largest absolute Gasteiger partial charge is 0.462 e. The van der Waals surface area contributed by atoms with Crippen LogP contribution in [0.5, 0.6) is 0 Å². The van der Waals surface area contributed by atoms with Crippen LogP contribution in [-0.2, 0) is 28.6 Å². The van der Waals surface area contributed by atoms with E-state index in [4.69, 9.17) is 14.2 Å². The fraction of sp³-hybridized carbons (Fsp3) is 0.696. The number of allylic oxidation sites excluding steroid dienone is 18. The second kappa shape index (κ2) is 62.6. The maximum atomic E-state index is 12.9. The third kappa shape index (κ3) is 60.8. The van der Waals surface area contributed by atoms with E-state index in [1.54, 1.807) is 0 Å². The Morgan fingerprint density at radius 1 is 0.280 bits per heavy atom. The fourth-order valence-electron chi connectivity index (χ4n) is 8.60. The molecular weight excluding hydrogens is 925 g/mol. The summed E-state index contributed by atoms with van der Waals surface area (Å²) in [5.41, 5.74) is 0. The zero-order valence-electron chi connectivity index (χ0n) is 49.0. The highest BCUT2D eigenvalue weighted by atomic mass is 16.6. The van der Waals surface area contributed by atoms with Gasteiger partial charge in [-0.1, -0.05) is 259 Å². The zero-order valence-corrected chi connectivity index (χ0v) is 49.0. The normalized spacial score (nSPS) is 12.8. The summed E-state index contributed by atoms with van der Waals surface area (Å²) in [7, 11) is 0.